The van der Waals surface area contributed by atoms with Crippen LogP contribution in [-0.2, 0) is 0 Å². The molecule has 0 N–H and O–H groups in total. The van der Waals surface area contributed by atoms with E-state index in [9.17, 15) is 0 Å². The zero-order valence-corrected chi connectivity index (χ0v) is 27.3. The Balaban J connectivity index is 1.13. The molecule has 0 saturated heterocycles. The van der Waals surface area contributed by atoms with Crippen LogP contribution in [0, 0.1) is 0 Å². The van der Waals surface area contributed by atoms with Crippen molar-refractivity contribution in [2.24, 2.45) is 0 Å². The maximum atomic E-state index is 6.55. The van der Waals surface area contributed by atoms with Crippen molar-refractivity contribution in [2.45, 2.75) is 0 Å². The average molecular weight is 644 g/mol. The lowest BCUT2D eigenvalue weighted by molar-refractivity contribution is 0.673. The van der Waals surface area contributed by atoms with Crippen LogP contribution in [0.4, 0.5) is 17.1 Å². The second kappa shape index (κ2) is 11.2. The van der Waals surface area contributed by atoms with Crippen molar-refractivity contribution in [3.63, 3.8) is 0 Å². The highest BCUT2D eigenvalue weighted by atomic mass is 32.1. The smallest absolute Gasteiger partial charge is 0.143 e. The fraction of sp³-hybridized carbons (Fsp3) is 0. The van der Waals surface area contributed by atoms with Gasteiger partial charge in [0.25, 0.3) is 0 Å². The molecule has 10 aromatic rings. The molecule has 0 saturated carbocycles. The van der Waals surface area contributed by atoms with Gasteiger partial charge in [-0.2, -0.15) is 0 Å². The molecule has 8 aromatic carbocycles. The van der Waals surface area contributed by atoms with Gasteiger partial charge >= 0.3 is 0 Å². The Bertz CT molecular complexity index is 2710. The van der Waals surface area contributed by atoms with Crippen LogP contribution in [0.1, 0.15) is 0 Å². The molecule has 2 aromatic heterocycles. The van der Waals surface area contributed by atoms with Crippen molar-refractivity contribution >= 4 is 81.3 Å². The minimum Gasteiger partial charge on any atom is -0.455 e. The Morgan fingerprint density at radius 1 is 0.388 bits per heavy atom. The van der Waals surface area contributed by atoms with Crippen molar-refractivity contribution in [1.29, 1.82) is 0 Å². The first-order valence-electron chi connectivity index (χ1n) is 16.6. The van der Waals surface area contributed by atoms with Crippen molar-refractivity contribution in [2.75, 3.05) is 4.90 Å². The van der Waals surface area contributed by atoms with Gasteiger partial charge in [0.1, 0.15) is 11.2 Å². The topological polar surface area (TPSA) is 16.4 Å². The molecular weight excluding hydrogens is 615 g/mol. The van der Waals surface area contributed by atoms with Gasteiger partial charge < -0.3 is 9.32 Å². The summed E-state index contributed by atoms with van der Waals surface area (Å²) >= 11 is 1.85. The number of fused-ring (bicyclic) bond motifs is 9. The molecule has 0 amide bonds. The molecule has 0 radical (unpaired) electrons. The van der Waals surface area contributed by atoms with E-state index in [0.29, 0.717) is 0 Å². The third kappa shape index (κ3) is 4.62. The third-order valence-corrected chi connectivity index (χ3v) is 10.8. The molecule has 0 fully saturated rings. The lowest BCUT2D eigenvalue weighted by Crippen LogP contribution is -2.09. The first kappa shape index (κ1) is 27.9. The van der Waals surface area contributed by atoms with Gasteiger partial charge in [0.15, 0.2) is 0 Å². The van der Waals surface area contributed by atoms with E-state index in [1.165, 1.54) is 58.6 Å². The van der Waals surface area contributed by atoms with Gasteiger partial charge in [0.05, 0.1) is 0 Å². The van der Waals surface area contributed by atoms with Gasteiger partial charge in [-0.15, -0.1) is 11.3 Å². The Hall–Kier alpha value is -6.16. The molecular formula is C46H29NOS. The van der Waals surface area contributed by atoms with Crippen LogP contribution in [0.2, 0.25) is 0 Å². The summed E-state index contributed by atoms with van der Waals surface area (Å²) in [5.41, 5.74) is 10.1. The third-order valence-electron chi connectivity index (χ3n) is 9.67. The second-order valence-electron chi connectivity index (χ2n) is 12.5. The lowest BCUT2D eigenvalue weighted by atomic mass is 10.0. The Kier molecular flexibility index (Phi) is 6.39. The van der Waals surface area contributed by atoms with E-state index < -0.39 is 0 Å². The predicted octanol–water partition coefficient (Wildman–Crippen LogP) is 13.9. The molecule has 230 valence electrons. The highest BCUT2D eigenvalue weighted by Crippen LogP contribution is 2.46. The molecule has 0 aliphatic heterocycles. The summed E-state index contributed by atoms with van der Waals surface area (Å²) in [5.74, 6) is 0. The second-order valence-corrected chi connectivity index (χ2v) is 13.6. The van der Waals surface area contributed by atoms with Crippen LogP contribution in [-0.4, -0.2) is 0 Å². The minimum absolute atomic E-state index is 0.932. The number of benzene rings is 8. The van der Waals surface area contributed by atoms with E-state index in [0.717, 1.165) is 33.6 Å². The van der Waals surface area contributed by atoms with E-state index in [2.05, 4.69) is 181 Å². The number of hydrogen-bond acceptors (Lipinski definition) is 3. The summed E-state index contributed by atoms with van der Waals surface area (Å²) < 4.78 is 9.07. The Labute approximate surface area is 287 Å². The van der Waals surface area contributed by atoms with Gasteiger partial charge in [-0.1, -0.05) is 121 Å². The molecule has 0 atom stereocenters. The molecule has 3 heteroatoms. The van der Waals surface area contributed by atoms with Gasteiger partial charge in [0.2, 0.25) is 0 Å². The number of hydrogen-bond donors (Lipinski definition) is 0. The summed E-state index contributed by atoms with van der Waals surface area (Å²) in [7, 11) is 0. The SMILES string of the molecule is c1ccc(-c2ccc(N(c3ccc(-c4ccccc4)cc3)c3ccc4c(c3)sc3ccc5oc6c7ccccc7ccc6c5c34)cc2)cc1. The molecule has 0 spiro atoms. The van der Waals surface area contributed by atoms with Crippen LogP contribution in [0.5, 0.6) is 0 Å². The van der Waals surface area contributed by atoms with Gasteiger partial charge in [-0.05, 0) is 82.2 Å². The van der Waals surface area contributed by atoms with Gasteiger partial charge in [0, 0.05) is 53.4 Å². The van der Waals surface area contributed by atoms with Crippen molar-refractivity contribution in [3.05, 3.63) is 176 Å². The number of furan rings is 1. The maximum Gasteiger partial charge on any atom is 0.143 e. The quantitative estimate of drug-likeness (QED) is 0.186. The monoisotopic (exact) mass is 643 g/mol. The summed E-state index contributed by atoms with van der Waals surface area (Å²) in [6.07, 6.45) is 0. The zero-order chi connectivity index (χ0) is 32.3. The predicted molar refractivity (Wildman–Crippen MR) is 210 cm³/mol. The van der Waals surface area contributed by atoms with E-state index in [1.807, 2.05) is 11.3 Å². The van der Waals surface area contributed by atoms with Crippen molar-refractivity contribution < 1.29 is 4.42 Å². The molecule has 2 heterocycles. The number of thiophene rings is 1. The van der Waals surface area contributed by atoms with Crippen molar-refractivity contribution in [3.8, 4) is 22.3 Å². The highest BCUT2D eigenvalue weighted by molar-refractivity contribution is 7.26. The molecule has 0 aliphatic rings. The van der Waals surface area contributed by atoms with E-state index in [-0.39, 0.29) is 0 Å². The minimum atomic E-state index is 0.932. The van der Waals surface area contributed by atoms with Crippen LogP contribution < -0.4 is 4.90 Å². The molecule has 2 nitrogen and oxygen atoms in total. The first-order chi connectivity index (χ1) is 24.3. The van der Waals surface area contributed by atoms with Crippen LogP contribution in [0.3, 0.4) is 0 Å². The number of rotatable bonds is 5. The lowest BCUT2D eigenvalue weighted by Gasteiger charge is -2.26. The van der Waals surface area contributed by atoms with E-state index in [1.54, 1.807) is 0 Å². The number of nitrogens with zero attached hydrogens (tertiary/aromatic N) is 1. The van der Waals surface area contributed by atoms with Crippen molar-refractivity contribution in [1.82, 2.24) is 0 Å². The normalized spacial score (nSPS) is 11.7. The summed E-state index contributed by atoms with van der Waals surface area (Å²) in [6.45, 7) is 0. The highest BCUT2D eigenvalue weighted by Gasteiger charge is 2.19. The first-order valence-corrected chi connectivity index (χ1v) is 17.4. The molecule has 0 aliphatic carbocycles. The molecule has 10 rings (SSSR count). The largest absolute Gasteiger partial charge is 0.455 e. The Morgan fingerprint density at radius 2 is 0.959 bits per heavy atom. The molecule has 0 unspecified atom stereocenters. The fourth-order valence-corrected chi connectivity index (χ4v) is 8.45. The van der Waals surface area contributed by atoms with Crippen LogP contribution >= 0.6 is 11.3 Å². The standard InChI is InChI=1S/C46H29NOS/c1-3-9-30(10-4-1)32-15-20-35(21-16-32)47(36-22-17-33(18-23-36)31-11-5-2-6-12-31)37-24-26-39-43(29-37)49-42-28-27-41-44(45(39)42)40-25-19-34-13-7-8-14-38(34)46(40)48-41/h1-29H. The molecule has 0 bridgehead atoms. The Morgan fingerprint density at radius 3 is 1.63 bits per heavy atom. The average Bonchev–Trinajstić information content (AvgIpc) is 3.74. The summed E-state index contributed by atoms with van der Waals surface area (Å²) in [4.78, 5) is 2.36. The van der Waals surface area contributed by atoms with Gasteiger partial charge in [-0.25, -0.2) is 0 Å². The van der Waals surface area contributed by atoms with Gasteiger partial charge in [-0.3, -0.25) is 0 Å². The van der Waals surface area contributed by atoms with E-state index >= 15 is 0 Å². The summed E-state index contributed by atoms with van der Waals surface area (Å²) in [5, 5.41) is 7.23. The zero-order valence-electron chi connectivity index (χ0n) is 26.5. The van der Waals surface area contributed by atoms with Crippen LogP contribution in [0.25, 0.3) is 75.1 Å². The van der Waals surface area contributed by atoms with Crippen LogP contribution in [0.15, 0.2) is 180 Å². The fourth-order valence-electron chi connectivity index (χ4n) is 7.30. The summed E-state index contributed by atoms with van der Waals surface area (Å²) in [6, 6.07) is 63.1. The maximum absolute atomic E-state index is 6.55. The van der Waals surface area contributed by atoms with E-state index in [4.69, 9.17) is 4.42 Å². The number of anilines is 3. The molecule has 49 heavy (non-hydrogen) atoms.